The zero-order chi connectivity index (χ0) is 73.3. The first kappa shape index (κ1) is 90.0. The fourth-order valence-corrected chi connectivity index (χ4v) is 10.0. The molecule has 19 N–H and O–H groups in total. The molecule has 2 unspecified atom stereocenters. The minimum Gasteiger partial charge on any atom is -0.394 e. The molecule has 38 nitrogen and oxygen atoms in total. The van der Waals surface area contributed by atoms with Gasteiger partial charge in [0.1, 0.15) is 92.9 Å². The minimum atomic E-state index is -1.46. The molecule has 0 bridgehead atoms. The van der Waals surface area contributed by atoms with E-state index in [0.717, 1.165) is 25.7 Å². The van der Waals surface area contributed by atoms with Crippen molar-refractivity contribution in [2.45, 2.75) is 182 Å². The van der Waals surface area contributed by atoms with Gasteiger partial charge in [-0.25, -0.2) is 0 Å². The standard InChI is InChI=1S/C62H116N8O30/c1-3-4-5-8-15-67-58(84)41(11-6-9-13-65-46(75)37-92-25-22-86-16-19-89-28-31-95-60-49(63)55(81)52(78)43(34-71)98-60)70-59(85)42(69-48(77)39-94-27-24-88-18-21-91-30-33-97-62-51(68-40(2)74)57(83)54(80)45(36-73)100-62)12-7-10-14-66-47(76)38-93-26-23-87-17-20-90-29-32-96-61-50(64)56(82)53(79)44(35-72)99-61/h41-45,49-57,60-62,71-73,78-83H,3-39,63-64H2,1-2H3,(H,65,75)(H,66,76)(H,67,84)(H,68,74)(H,69,77)(H,70,85)/t41?,42?,43-,44-,45-,49-,50-,51-,52+,53+,54+,55-,56-,57-,60-,61-,62-/m1/s1. The van der Waals surface area contributed by atoms with Crippen molar-refractivity contribution in [3.63, 3.8) is 0 Å². The van der Waals surface area contributed by atoms with Crippen molar-refractivity contribution in [3.8, 4) is 0 Å². The van der Waals surface area contributed by atoms with E-state index in [1.807, 2.05) is 0 Å². The van der Waals surface area contributed by atoms with E-state index in [1.54, 1.807) is 0 Å². The van der Waals surface area contributed by atoms with Crippen molar-refractivity contribution in [2.75, 3.05) is 178 Å². The maximum Gasteiger partial charge on any atom is 0.246 e. The van der Waals surface area contributed by atoms with Crippen LogP contribution < -0.4 is 43.4 Å². The van der Waals surface area contributed by atoms with Gasteiger partial charge in [-0.3, -0.25) is 28.8 Å². The number of amides is 6. The van der Waals surface area contributed by atoms with Gasteiger partial charge in [-0.2, -0.15) is 0 Å². The number of aliphatic hydroxyl groups excluding tert-OH is 9. The number of carbonyl (C=O) groups excluding carboxylic acids is 6. The summed E-state index contributed by atoms with van der Waals surface area (Å²) in [5, 5.41) is 105. The third kappa shape index (κ3) is 37.5. The van der Waals surface area contributed by atoms with Gasteiger partial charge in [0.05, 0.1) is 151 Å². The lowest BCUT2D eigenvalue weighted by Crippen LogP contribution is -2.64. The number of nitrogens with one attached hydrogen (secondary N) is 6. The van der Waals surface area contributed by atoms with Crippen molar-refractivity contribution in [3.05, 3.63) is 0 Å². The zero-order valence-corrected chi connectivity index (χ0v) is 57.7. The lowest BCUT2D eigenvalue weighted by atomic mass is 9.97. The van der Waals surface area contributed by atoms with Crippen LogP contribution >= 0.6 is 0 Å². The van der Waals surface area contributed by atoms with Gasteiger partial charge >= 0.3 is 0 Å². The van der Waals surface area contributed by atoms with Crippen LogP contribution in [0.1, 0.15) is 78.1 Å². The molecule has 0 aromatic rings. The minimum absolute atomic E-state index is 0.00555. The molecule has 3 rings (SSSR count). The molecule has 0 aliphatic carbocycles. The topological polar surface area (TPSA) is 547 Å². The second-order valence-corrected chi connectivity index (χ2v) is 23.7. The number of rotatable bonds is 59. The van der Waals surface area contributed by atoms with Crippen molar-refractivity contribution >= 4 is 35.4 Å². The molecular weight excluding hydrogens is 1340 g/mol. The van der Waals surface area contributed by atoms with Crippen LogP contribution in [0.4, 0.5) is 0 Å². The van der Waals surface area contributed by atoms with E-state index in [4.69, 9.17) is 82.5 Å². The Morgan fingerprint density at radius 3 is 1.13 bits per heavy atom. The van der Waals surface area contributed by atoms with Gasteiger partial charge in [0, 0.05) is 26.6 Å². The third-order valence-electron chi connectivity index (χ3n) is 15.7. The Balaban J connectivity index is 1.41. The Bertz CT molecular complexity index is 2180. The van der Waals surface area contributed by atoms with Crippen LogP contribution in [0.15, 0.2) is 0 Å². The number of hydrogen-bond donors (Lipinski definition) is 17. The Kier molecular flexibility index (Phi) is 49.8. The van der Waals surface area contributed by atoms with Crippen LogP contribution in [0, 0.1) is 0 Å². The predicted octanol–water partition coefficient (Wildman–Crippen LogP) is -8.10. The molecule has 17 atom stereocenters. The van der Waals surface area contributed by atoms with Crippen LogP contribution in [0.3, 0.4) is 0 Å². The normalized spacial score (nSPS) is 25.9. The van der Waals surface area contributed by atoms with E-state index in [1.165, 1.54) is 6.92 Å². The lowest BCUT2D eigenvalue weighted by molar-refractivity contribution is -0.272. The highest BCUT2D eigenvalue weighted by atomic mass is 16.7. The highest BCUT2D eigenvalue weighted by Crippen LogP contribution is 2.24. The molecule has 3 saturated heterocycles. The highest BCUT2D eigenvalue weighted by Gasteiger charge is 2.46. The summed E-state index contributed by atoms with van der Waals surface area (Å²) in [7, 11) is 0. The molecule has 100 heavy (non-hydrogen) atoms. The number of unbranched alkanes of at least 4 members (excludes halogenated alkanes) is 5. The van der Waals surface area contributed by atoms with Gasteiger partial charge in [0.15, 0.2) is 18.9 Å². The maximum atomic E-state index is 14.1. The monoisotopic (exact) mass is 1450 g/mol. The molecule has 584 valence electrons. The SMILES string of the molecule is CCCCCCNC(=O)C(CCCCNC(=O)COCCOCCOCCO[C@@H]1O[C@H](CO)[C@H](O)[C@H](O)[C@H]1N)NC(=O)C(CCCCNC(=O)COCCOCCOCCO[C@@H]1O[C@H](CO)[C@H](O)[C@H](O)[C@H]1N)NC(=O)COCCOCCOCCO[C@@H]1O[C@H](CO)[C@H](O)[C@H](O)[C@H]1NC(C)=O. The largest absolute Gasteiger partial charge is 0.394 e. The molecule has 0 saturated carbocycles. The zero-order valence-electron chi connectivity index (χ0n) is 57.7. The van der Waals surface area contributed by atoms with Gasteiger partial charge in [0.2, 0.25) is 35.4 Å². The van der Waals surface area contributed by atoms with Gasteiger partial charge < -0.3 is 160 Å². The predicted molar refractivity (Wildman–Crippen MR) is 347 cm³/mol. The van der Waals surface area contributed by atoms with E-state index in [9.17, 15) is 74.7 Å². The summed E-state index contributed by atoms with van der Waals surface area (Å²) in [5.74, 6) is -2.92. The molecule has 0 radical (unpaired) electrons. The Morgan fingerprint density at radius 1 is 0.390 bits per heavy atom. The molecule has 0 aromatic heterocycles. The fraction of sp³-hybridized carbons (Fsp3) is 0.903. The first-order valence-electron chi connectivity index (χ1n) is 34.4. The average Bonchev–Trinajstić information content (AvgIpc) is 0.826. The fourth-order valence-electron chi connectivity index (χ4n) is 10.0. The molecule has 3 aliphatic heterocycles. The molecule has 3 aliphatic rings. The molecule has 38 heteroatoms. The van der Waals surface area contributed by atoms with E-state index in [-0.39, 0.29) is 164 Å². The Hall–Kier alpha value is -4.22. The van der Waals surface area contributed by atoms with E-state index in [0.29, 0.717) is 32.2 Å². The first-order valence-corrected chi connectivity index (χ1v) is 34.4. The van der Waals surface area contributed by atoms with Crippen molar-refractivity contribution in [1.82, 2.24) is 31.9 Å². The van der Waals surface area contributed by atoms with Gasteiger partial charge in [-0.15, -0.1) is 0 Å². The van der Waals surface area contributed by atoms with Gasteiger partial charge in [-0.1, -0.05) is 26.2 Å². The number of carbonyl (C=O) groups is 6. The lowest BCUT2D eigenvalue weighted by Gasteiger charge is -2.42. The van der Waals surface area contributed by atoms with Crippen LogP contribution in [0.25, 0.3) is 0 Å². The summed E-state index contributed by atoms with van der Waals surface area (Å²) in [5.41, 5.74) is 11.7. The van der Waals surface area contributed by atoms with Crippen molar-refractivity contribution in [1.29, 1.82) is 0 Å². The summed E-state index contributed by atoms with van der Waals surface area (Å²) in [4.78, 5) is 77.9. The molecule has 0 aromatic carbocycles. The molecule has 3 heterocycles. The number of ether oxygens (including phenoxy) is 15. The smallest absolute Gasteiger partial charge is 0.246 e. The second-order valence-electron chi connectivity index (χ2n) is 23.7. The second kappa shape index (κ2) is 55.3. The molecule has 6 amide bonds. The van der Waals surface area contributed by atoms with Gasteiger partial charge in [0.25, 0.3) is 0 Å². The Morgan fingerprint density at radius 2 is 0.730 bits per heavy atom. The number of hydrogen-bond acceptors (Lipinski definition) is 32. The van der Waals surface area contributed by atoms with E-state index < -0.39 is 160 Å². The molecule has 0 spiro atoms. The molecular formula is C62H116N8O30. The van der Waals surface area contributed by atoms with Crippen LogP contribution in [0.2, 0.25) is 0 Å². The van der Waals surface area contributed by atoms with Crippen LogP contribution in [-0.2, 0) is 99.8 Å². The Labute approximate surface area is 583 Å². The van der Waals surface area contributed by atoms with Crippen LogP contribution in [-0.4, -0.2) is 364 Å². The molecule has 3 fully saturated rings. The summed E-state index contributed by atoms with van der Waals surface area (Å²) < 4.78 is 82.3. The van der Waals surface area contributed by atoms with Gasteiger partial charge in [-0.05, 0) is 44.9 Å². The summed E-state index contributed by atoms with van der Waals surface area (Å²) >= 11 is 0. The highest BCUT2D eigenvalue weighted by molar-refractivity contribution is 5.92. The summed E-state index contributed by atoms with van der Waals surface area (Å²) in [6, 6.07) is -5.26. The average molecular weight is 1450 g/mol. The number of aliphatic hydroxyl groups is 9. The quantitative estimate of drug-likeness (QED) is 0.0252. The third-order valence-corrected chi connectivity index (χ3v) is 15.7. The van der Waals surface area contributed by atoms with E-state index in [2.05, 4.69) is 38.8 Å². The number of nitrogens with two attached hydrogens (primary N) is 2. The summed E-state index contributed by atoms with van der Waals surface area (Å²) in [6.07, 6.45) is -9.22. The maximum absolute atomic E-state index is 14.1. The first-order chi connectivity index (χ1) is 48.3. The van der Waals surface area contributed by atoms with Crippen molar-refractivity contribution in [2.24, 2.45) is 11.5 Å². The van der Waals surface area contributed by atoms with Crippen LogP contribution in [0.5, 0.6) is 0 Å². The van der Waals surface area contributed by atoms with Crippen molar-refractivity contribution < 1.29 is 146 Å². The summed E-state index contributed by atoms with van der Waals surface area (Å²) in [6.45, 7) is 3.79. The van der Waals surface area contributed by atoms with E-state index >= 15 is 0 Å².